The number of ether oxygens (including phenoxy) is 2. The Kier molecular flexibility index (Phi) is 6.16. The van der Waals surface area contributed by atoms with Crippen LogP contribution in [0.3, 0.4) is 0 Å². The Labute approximate surface area is 167 Å². The number of nitrogens with zero attached hydrogens (tertiary/aromatic N) is 2. The molecular formula is C22H32N2O4. The molecule has 2 amide bonds. The van der Waals surface area contributed by atoms with Gasteiger partial charge in [-0.3, -0.25) is 0 Å². The standard InChI is InChI=1S/C22H32N2O4/c1-21(2,3)28-20(26)23-14-11-22(12-15-23)10-7-13-24(17-22)19(25)27-16-18-8-5-4-6-9-18/h4-6,8-9H,7,10-17H2,1-3H3. The zero-order chi connectivity index (χ0) is 20.2. The number of benzene rings is 1. The third-order valence-corrected chi connectivity index (χ3v) is 5.60. The van der Waals surface area contributed by atoms with E-state index in [4.69, 9.17) is 9.47 Å². The van der Waals surface area contributed by atoms with E-state index >= 15 is 0 Å². The van der Waals surface area contributed by atoms with Crippen molar-refractivity contribution in [2.75, 3.05) is 26.2 Å². The topological polar surface area (TPSA) is 59.1 Å². The predicted octanol–water partition coefficient (Wildman–Crippen LogP) is 4.44. The molecular weight excluding hydrogens is 356 g/mol. The lowest BCUT2D eigenvalue weighted by molar-refractivity contribution is -0.00777. The van der Waals surface area contributed by atoms with Crippen LogP contribution in [0.5, 0.6) is 0 Å². The van der Waals surface area contributed by atoms with Crippen LogP contribution in [0, 0.1) is 5.41 Å². The van der Waals surface area contributed by atoms with E-state index in [0.29, 0.717) is 26.2 Å². The molecule has 2 aliphatic heterocycles. The van der Waals surface area contributed by atoms with Crippen LogP contribution >= 0.6 is 0 Å². The van der Waals surface area contributed by atoms with Gasteiger partial charge in [-0.1, -0.05) is 30.3 Å². The zero-order valence-corrected chi connectivity index (χ0v) is 17.3. The molecule has 28 heavy (non-hydrogen) atoms. The van der Waals surface area contributed by atoms with Gasteiger partial charge in [0.15, 0.2) is 0 Å². The molecule has 1 aromatic carbocycles. The molecule has 0 saturated carbocycles. The van der Waals surface area contributed by atoms with Gasteiger partial charge in [0.05, 0.1) is 0 Å². The zero-order valence-electron chi connectivity index (χ0n) is 17.3. The van der Waals surface area contributed by atoms with Crippen molar-refractivity contribution in [2.45, 2.75) is 58.7 Å². The normalized spacial score (nSPS) is 19.4. The first-order valence-electron chi connectivity index (χ1n) is 10.2. The number of carbonyl (C=O) groups excluding carboxylic acids is 2. The first-order valence-corrected chi connectivity index (χ1v) is 10.2. The van der Waals surface area contributed by atoms with Crippen LogP contribution < -0.4 is 0 Å². The Balaban J connectivity index is 1.50. The van der Waals surface area contributed by atoms with Crippen LogP contribution in [0.1, 0.15) is 52.0 Å². The molecule has 6 nitrogen and oxygen atoms in total. The van der Waals surface area contributed by atoms with Gasteiger partial charge in [-0.25, -0.2) is 9.59 Å². The van der Waals surface area contributed by atoms with Crippen LogP contribution in [0.4, 0.5) is 9.59 Å². The van der Waals surface area contributed by atoms with Crippen LogP contribution in [0.25, 0.3) is 0 Å². The van der Waals surface area contributed by atoms with E-state index in [9.17, 15) is 9.59 Å². The molecule has 1 aromatic rings. The summed E-state index contributed by atoms with van der Waals surface area (Å²) in [7, 11) is 0. The lowest BCUT2D eigenvalue weighted by atomic mass is 9.72. The molecule has 154 valence electrons. The van der Waals surface area contributed by atoms with Crippen molar-refractivity contribution in [3.63, 3.8) is 0 Å². The summed E-state index contributed by atoms with van der Waals surface area (Å²) in [6.45, 7) is 8.77. The Morgan fingerprint density at radius 3 is 2.29 bits per heavy atom. The largest absolute Gasteiger partial charge is 0.445 e. The first kappa shape index (κ1) is 20.5. The van der Waals surface area contributed by atoms with Crippen molar-refractivity contribution in [1.29, 1.82) is 0 Å². The monoisotopic (exact) mass is 388 g/mol. The Bertz CT molecular complexity index is 676. The molecule has 0 atom stereocenters. The summed E-state index contributed by atoms with van der Waals surface area (Å²) in [4.78, 5) is 28.5. The average molecular weight is 389 g/mol. The highest BCUT2D eigenvalue weighted by molar-refractivity contribution is 5.69. The molecule has 0 aliphatic carbocycles. The lowest BCUT2D eigenvalue weighted by Crippen LogP contribution is -2.52. The van der Waals surface area contributed by atoms with Gasteiger partial charge in [0.2, 0.25) is 0 Å². The molecule has 0 bridgehead atoms. The molecule has 0 aromatic heterocycles. The van der Waals surface area contributed by atoms with Crippen LogP contribution in [-0.4, -0.2) is 53.8 Å². The highest BCUT2D eigenvalue weighted by atomic mass is 16.6. The Morgan fingerprint density at radius 2 is 1.64 bits per heavy atom. The fourth-order valence-electron chi connectivity index (χ4n) is 4.07. The van der Waals surface area contributed by atoms with Gasteiger partial charge in [0.25, 0.3) is 0 Å². The van der Waals surface area contributed by atoms with Crippen LogP contribution in [0.15, 0.2) is 30.3 Å². The summed E-state index contributed by atoms with van der Waals surface area (Å²) >= 11 is 0. The molecule has 0 radical (unpaired) electrons. The fraction of sp³-hybridized carbons (Fsp3) is 0.636. The number of rotatable bonds is 2. The van der Waals surface area contributed by atoms with Crippen molar-refractivity contribution in [1.82, 2.24) is 9.80 Å². The SMILES string of the molecule is CC(C)(C)OC(=O)N1CCC2(CCCN(C(=O)OCc3ccccc3)C2)CC1. The van der Waals surface area contributed by atoms with Gasteiger partial charge >= 0.3 is 12.2 Å². The van der Waals surface area contributed by atoms with Crippen molar-refractivity contribution >= 4 is 12.2 Å². The van der Waals surface area contributed by atoms with Crippen molar-refractivity contribution in [2.24, 2.45) is 5.41 Å². The van der Waals surface area contributed by atoms with Gasteiger partial charge in [0, 0.05) is 26.2 Å². The smallest absolute Gasteiger partial charge is 0.410 e. The molecule has 0 N–H and O–H groups in total. The van der Waals surface area contributed by atoms with E-state index in [1.54, 1.807) is 4.90 Å². The summed E-state index contributed by atoms with van der Waals surface area (Å²) in [6.07, 6.45) is 3.39. The second-order valence-corrected chi connectivity index (χ2v) is 9.03. The van der Waals surface area contributed by atoms with Crippen molar-refractivity contribution < 1.29 is 19.1 Å². The number of hydrogen-bond acceptors (Lipinski definition) is 4. The number of likely N-dealkylation sites (tertiary alicyclic amines) is 2. The maximum absolute atomic E-state index is 12.5. The third kappa shape index (κ3) is 5.40. The van der Waals surface area contributed by atoms with E-state index < -0.39 is 5.60 Å². The second-order valence-electron chi connectivity index (χ2n) is 9.03. The molecule has 2 fully saturated rings. The Hall–Kier alpha value is -2.24. The molecule has 3 rings (SSSR count). The van der Waals surface area contributed by atoms with E-state index in [2.05, 4.69) is 0 Å². The Morgan fingerprint density at radius 1 is 0.964 bits per heavy atom. The van der Waals surface area contributed by atoms with E-state index in [1.165, 1.54) is 0 Å². The molecule has 2 aliphatic rings. The lowest BCUT2D eigenvalue weighted by Gasteiger charge is -2.47. The minimum absolute atomic E-state index is 0.0858. The molecule has 0 unspecified atom stereocenters. The third-order valence-electron chi connectivity index (χ3n) is 5.60. The molecule has 6 heteroatoms. The summed E-state index contributed by atoms with van der Waals surface area (Å²) in [6, 6.07) is 9.74. The summed E-state index contributed by atoms with van der Waals surface area (Å²) in [5.74, 6) is 0. The maximum Gasteiger partial charge on any atom is 0.410 e. The quantitative estimate of drug-likeness (QED) is 0.752. The molecule has 2 saturated heterocycles. The number of hydrogen-bond donors (Lipinski definition) is 0. The number of amides is 2. The van der Waals surface area contributed by atoms with Crippen molar-refractivity contribution in [3.8, 4) is 0 Å². The first-order chi connectivity index (χ1) is 13.3. The van der Waals surface area contributed by atoms with Gasteiger partial charge in [-0.05, 0) is 57.4 Å². The van der Waals surface area contributed by atoms with Gasteiger partial charge < -0.3 is 19.3 Å². The highest BCUT2D eigenvalue weighted by Gasteiger charge is 2.41. The molecule has 2 heterocycles. The fourth-order valence-corrected chi connectivity index (χ4v) is 4.07. The minimum Gasteiger partial charge on any atom is -0.445 e. The van der Waals surface area contributed by atoms with E-state index in [0.717, 1.165) is 37.8 Å². The second kappa shape index (κ2) is 8.41. The average Bonchev–Trinajstić information content (AvgIpc) is 2.66. The summed E-state index contributed by atoms with van der Waals surface area (Å²) < 4.78 is 11.0. The predicted molar refractivity (Wildman–Crippen MR) is 107 cm³/mol. The van der Waals surface area contributed by atoms with Gasteiger partial charge in [-0.15, -0.1) is 0 Å². The van der Waals surface area contributed by atoms with E-state index in [-0.39, 0.29) is 17.6 Å². The maximum atomic E-state index is 12.5. The minimum atomic E-state index is -0.476. The number of carbonyl (C=O) groups is 2. The van der Waals surface area contributed by atoms with E-state index in [1.807, 2.05) is 56.0 Å². The van der Waals surface area contributed by atoms with Gasteiger partial charge in [-0.2, -0.15) is 0 Å². The van der Waals surface area contributed by atoms with Crippen molar-refractivity contribution in [3.05, 3.63) is 35.9 Å². The van der Waals surface area contributed by atoms with Crippen LogP contribution in [-0.2, 0) is 16.1 Å². The molecule has 1 spiro atoms. The number of piperidine rings is 2. The highest BCUT2D eigenvalue weighted by Crippen LogP contribution is 2.40. The summed E-state index contributed by atoms with van der Waals surface area (Å²) in [5, 5.41) is 0. The van der Waals surface area contributed by atoms with Crippen LogP contribution in [0.2, 0.25) is 0 Å². The summed E-state index contributed by atoms with van der Waals surface area (Å²) in [5.41, 5.74) is 0.604. The van der Waals surface area contributed by atoms with Gasteiger partial charge in [0.1, 0.15) is 12.2 Å².